The monoisotopic (exact) mass is 433 g/mol. The van der Waals surface area contributed by atoms with E-state index in [0.29, 0.717) is 17.5 Å². The van der Waals surface area contributed by atoms with Gasteiger partial charge in [-0.1, -0.05) is 42.5 Å². The largest absolute Gasteiger partial charge is 0.480 e. The van der Waals surface area contributed by atoms with Crippen LogP contribution in [0.2, 0.25) is 0 Å². The fraction of sp³-hybridized carbons (Fsp3) is 0.364. The first-order valence-electron chi connectivity index (χ1n) is 9.91. The van der Waals surface area contributed by atoms with Gasteiger partial charge in [-0.3, -0.25) is 9.36 Å². The number of carbonyl (C=O) groups is 2. The highest BCUT2D eigenvalue weighted by Crippen LogP contribution is 2.51. The van der Waals surface area contributed by atoms with Gasteiger partial charge < -0.3 is 19.5 Å². The van der Waals surface area contributed by atoms with Gasteiger partial charge in [0.1, 0.15) is 6.04 Å². The number of carbonyl (C=O) groups excluding carboxylic acids is 1. The smallest absolute Gasteiger partial charge is 0.335 e. The van der Waals surface area contributed by atoms with E-state index in [0.717, 1.165) is 5.56 Å². The normalized spacial score (nSPS) is 12.3. The molecule has 8 heteroatoms. The first-order valence-corrected chi connectivity index (χ1v) is 11.6. The Morgan fingerprint density at radius 3 is 2.10 bits per heavy atom. The first-order chi connectivity index (χ1) is 14.4. The van der Waals surface area contributed by atoms with Crippen molar-refractivity contribution in [2.24, 2.45) is 0 Å². The van der Waals surface area contributed by atoms with Crippen molar-refractivity contribution >= 4 is 19.5 Å². The van der Waals surface area contributed by atoms with Crippen molar-refractivity contribution in [1.29, 1.82) is 0 Å². The van der Waals surface area contributed by atoms with Crippen molar-refractivity contribution < 1.29 is 28.3 Å². The van der Waals surface area contributed by atoms with Gasteiger partial charge in [-0.15, -0.1) is 0 Å². The average molecular weight is 433 g/mol. The van der Waals surface area contributed by atoms with E-state index in [-0.39, 0.29) is 25.8 Å². The molecule has 2 N–H and O–H groups in total. The number of carboxylic acid groups (broad SMARTS) is 1. The lowest BCUT2D eigenvalue weighted by atomic mass is 10.0. The quantitative estimate of drug-likeness (QED) is 0.485. The van der Waals surface area contributed by atoms with E-state index in [1.54, 1.807) is 38.1 Å². The second-order valence-corrected chi connectivity index (χ2v) is 8.74. The van der Waals surface area contributed by atoms with Gasteiger partial charge in [0.2, 0.25) is 0 Å². The number of carboxylic acids is 1. The van der Waals surface area contributed by atoms with Crippen molar-refractivity contribution in [1.82, 2.24) is 5.32 Å². The Morgan fingerprint density at radius 1 is 0.967 bits per heavy atom. The van der Waals surface area contributed by atoms with Crippen LogP contribution in [0, 0.1) is 0 Å². The zero-order valence-electron chi connectivity index (χ0n) is 17.2. The molecular formula is C22H28NO6P. The molecule has 0 saturated heterocycles. The molecule has 0 saturated carbocycles. The van der Waals surface area contributed by atoms with Crippen molar-refractivity contribution in [3.05, 3.63) is 71.3 Å². The van der Waals surface area contributed by atoms with E-state index in [1.165, 1.54) is 0 Å². The second-order valence-electron chi connectivity index (χ2n) is 6.69. The Hall–Kier alpha value is -2.47. The van der Waals surface area contributed by atoms with Gasteiger partial charge >= 0.3 is 13.6 Å². The maximum absolute atomic E-state index is 12.6. The summed E-state index contributed by atoms with van der Waals surface area (Å²) in [6.45, 7) is 4.04. The van der Waals surface area contributed by atoms with Crippen LogP contribution in [-0.2, 0) is 31.0 Å². The van der Waals surface area contributed by atoms with Gasteiger partial charge in [0.25, 0.3) is 5.91 Å². The third-order valence-electron chi connectivity index (χ3n) is 4.41. The number of aliphatic carboxylic acids is 1. The lowest BCUT2D eigenvalue weighted by Gasteiger charge is -2.17. The molecule has 2 aromatic carbocycles. The van der Waals surface area contributed by atoms with Crippen LogP contribution in [0.5, 0.6) is 0 Å². The summed E-state index contributed by atoms with van der Waals surface area (Å²) in [6.07, 6.45) is 0.932. The van der Waals surface area contributed by atoms with Crippen molar-refractivity contribution in [2.45, 2.75) is 38.9 Å². The van der Waals surface area contributed by atoms with Crippen molar-refractivity contribution in [2.75, 3.05) is 13.2 Å². The van der Waals surface area contributed by atoms with Crippen LogP contribution in [0.4, 0.5) is 0 Å². The summed E-state index contributed by atoms with van der Waals surface area (Å²) in [7, 11) is -3.23. The fourth-order valence-electron chi connectivity index (χ4n) is 2.96. The molecule has 0 aliphatic heterocycles. The number of aryl methyl sites for hydroxylation is 1. The number of hydrogen-bond acceptors (Lipinski definition) is 5. The number of rotatable bonds is 12. The molecule has 0 bridgehead atoms. The predicted molar refractivity (Wildman–Crippen MR) is 115 cm³/mol. The van der Waals surface area contributed by atoms with Gasteiger partial charge in [0.15, 0.2) is 0 Å². The van der Waals surface area contributed by atoms with E-state index in [1.807, 2.05) is 30.3 Å². The molecule has 30 heavy (non-hydrogen) atoms. The van der Waals surface area contributed by atoms with E-state index in [4.69, 9.17) is 9.05 Å². The highest BCUT2D eigenvalue weighted by atomic mass is 31.2. The van der Waals surface area contributed by atoms with Gasteiger partial charge in [-0.05, 0) is 49.9 Å². The maximum atomic E-state index is 12.6. The summed E-state index contributed by atoms with van der Waals surface area (Å²) in [5.74, 6) is -1.55. The Kier molecular flexibility index (Phi) is 9.24. The number of nitrogens with one attached hydrogen (secondary N) is 1. The van der Waals surface area contributed by atoms with Crippen LogP contribution in [0.15, 0.2) is 54.6 Å². The van der Waals surface area contributed by atoms with E-state index < -0.39 is 25.5 Å². The third-order valence-corrected chi connectivity index (χ3v) is 6.47. The van der Waals surface area contributed by atoms with Crippen LogP contribution < -0.4 is 5.32 Å². The summed E-state index contributed by atoms with van der Waals surface area (Å²) >= 11 is 0. The molecule has 2 rings (SSSR count). The molecule has 1 amide bonds. The minimum Gasteiger partial charge on any atom is -0.480 e. The molecule has 7 nitrogen and oxygen atoms in total. The Bertz CT molecular complexity index is 859. The van der Waals surface area contributed by atoms with Gasteiger partial charge in [0, 0.05) is 5.56 Å². The second kappa shape index (κ2) is 11.6. The standard InChI is InChI=1S/C22H28NO6P/c1-3-28-30(27,29-4-2)16-18-10-13-19(14-11-18)21(24)23-20(22(25)26)15-12-17-8-6-5-7-9-17/h5-11,13-14,20H,3-4,12,15-16H2,1-2H3,(H,23,24)(H,25,26)/t20-/m1/s1. The lowest BCUT2D eigenvalue weighted by molar-refractivity contribution is -0.139. The van der Waals surface area contributed by atoms with Crippen LogP contribution in [0.1, 0.15) is 41.8 Å². The zero-order chi connectivity index (χ0) is 22.0. The molecule has 0 radical (unpaired) electrons. The molecule has 0 aromatic heterocycles. The lowest BCUT2D eigenvalue weighted by Crippen LogP contribution is -2.41. The topological polar surface area (TPSA) is 102 Å². The van der Waals surface area contributed by atoms with Crippen LogP contribution in [0.3, 0.4) is 0 Å². The molecule has 0 aliphatic carbocycles. The number of benzene rings is 2. The molecule has 1 atom stereocenters. The van der Waals surface area contributed by atoms with Crippen molar-refractivity contribution in [3.63, 3.8) is 0 Å². The Labute approximate surface area is 176 Å². The van der Waals surface area contributed by atoms with E-state index >= 15 is 0 Å². The molecule has 2 aromatic rings. The van der Waals surface area contributed by atoms with Gasteiger partial charge in [0.05, 0.1) is 19.4 Å². The molecule has 162 valence electrons. The maximum Gasteiger partial charge on any atom is 0.335 e. The summed E-state index contributed by atoms with van der Waals surface area (Å²) in [4.78, 5) is 24.0. The fourth-order valence-corrected chi connectivity index (χ4v) is 4.66. The summed E-state index contributed by atoms with van der Waals surface area (Å²) in [6, 6.07) is 15.0. The van der Waals surface area contributed by atoms with Gasteiger partial charge in [-0.25, -0.2) is 4.79 Å². The molecule has 0 spiro atoms. The van der Waals surface area contributed by atoms with Crippen LogP contribution in [0.25, 0.3) is 0 Å². The summed E-state index contributed by atoms with van der Waals surface area (Å²) < 4.78 is 23.2. The van der Waals surface area contributed by atoms with Crippen LogP contribution in [-0.4, -0.2) is 36.2 Å². The van der Waals surface area contributed by atoms with Crippen molar-refractivity contribution in [3.8, 4) is 0 Å². The first kappa shape index (κ1) is 23.8. The summed E-state index contributed by atoms with van der Waals surface area (Å²) in [5.41, 5.74) is 2.04. The molecule has 0 heterocycles. The molecule has 0 aliphatic rings. The molecule has 0 unspecified atom stereocenters. The SMILES string of the molecule is CCOP(=O)(Cc1ccc(C(=O)N[C@H](CCc2ccccc2)C(=O)O)cc1)OCC. The Morgan fingerprint density at radius 2 is 1.57 bits per heavy atom. The third kappa shape index (κ3) is 7.41. The van der Waals surface area contributed by atoms with E-state index in [2.05, 4.69) is 5.32 Å². The highest BCUT2D eigenvalue weighted by molar-refractivity contribution is 7.53. The zero-order valence-corrected chi connectivity index (χ0v) is 18.1. The average Bonchev–Trinajstić information content (AvgIpc) is 2.72. The molecule has 0 fully saturated rings. The minimum absolute atomic E-state index is 0.103. The minimum atomic E-state index is -3.23. The molecular weight excluding hydrogens is 405 g/mol. The van der Waals surface area contributed by atoms with E-state index in [9.17, 15) is 19.3 Å². The summed E-state index contributed by atoms with van der Waals surface area (Å²) in [5, 5.41) is 12.0. The Balaban J connectivity index is 1.99. The highest BCUT2D eigenvalue weighted by Gasteiger charge is 2.24. The predicted octanol–water partition coefficient (Wildman–Crippen LogP) is 4.27. The number of hydrogen-bond donors (Lipinski definition) is 2. The van der Waals surface area contributed by atoms with Crippen LogP contribution >= 0.6 is 7.60 Å². The number of amides is 1. The van der Waals surface area contributed by atoms with Gasteiger partial charge in [-0.2, -0.15) is 0 Å².